The number of amides is 1. The lowest BCUT2D eigenvalue weighted by atomic mass is 9.89. The largest absolute Gasteiger partial charge is 0.335 e. The molecule has 2 aromatic rings. The van der Waals surface area contributed by atoms with Crippen LogP contribution in [-0.2, 0) is 18.3 Å². The number of halogens is 1. The van der Waals surface area contributed by atoms with Gasteiger partial charge < -0.3 is 10.2 Å². The molecule has 1 fully saturated rings. The fourth-order valence-electron chi connectivity index (χ4n) is 4.65. The first-order valence-corrected chi connectivity index (χ1v) is 9.76. The topological polar surface area (TPSA) is 50.2 Å². The highest BCUT2D eigenvalue weighted by Crippen LogP contribution is 2.38. The number of hydrogen-bond donors (Lipinski definition) is 1. The molecule has 1 aliphatic carbocycles. The van der Waals surface area contributed by atoms with Crippen LogP contribution in [0.5, 0.6) is 0 Å². The van der Waals surface area contributed by atoms with E-state index >= 15 is 0 Å². The normalized spacial score (nSPS) is 23.7. The maximum absolute atomic E-state index is 13.6. The van der Waals surface area contributed by atoms with E-state index in [2.05, 4.69) is 46.5 Å². The van der Waals surface area contributed by atoms with Gasteiger partial charge in [0.1, 0.15) is 0 Å². The van der Waals surface area contributed by atoms with Crippen LogP contribution in [0.3, 0.4) is 0 Å². The van der Waals surface area contributed by atoms with Crippen molar-refractivity contribution in [1.29, 1.82) is 0 Å². The van der Waals surface area contributed by atoms with Crippen molar-refractivity contribution in [2.45, 2.75) is 38.1 Å². The first-order chi connectivity index (χ1) is 12.7. The molecule has 2 heterocycles. The number of hydrogen-bond acceptors (Lipinski definition) is 3. The molecule has 1 N–H and O–H groups in total. The quantitative estimate of drug-likeness (QED) is 0.856. The minimum atomic E-state index is -0.00138. The van der Waals surface area contributed by atoms with E-state index in [1.165, 1.54) is 16.7 Å². The summed E-state index contributed by atoms with van der Waals surface area (Å²) >= 11 is 0. The van der Waals surface area contributed by atoms with Crippen molar-refractivity contribution in [2.24, 2.45) is 13.0 Å². The van der Waals surface area contributed by atoms with Crippen molar-refractivity contribution >= 4 is 18.3 Å². The molecule has 1 unspecified atom stereocenters. The van der Waals surface area contributed by atoms with Crippen molar-refractivity contribution < 1.29 is 4.79 Å². The summed E-state index contributed by atoms with van der Waals surface area (Å²) in [7, 11) is 1.93. The summed E-state index contributed by atoms with van der Waals surface area (Å²) in [6.45, 7) is 4.59. The highest BCUT2D eigenvalue weighted by Gasteiger charge is 2.40. The van der Waals surface area contributed by atoms with Crippen molar-refractivity contribution in [2.75, 3.05) is 19.6 Å². The minimum Gasteiger partial charge on any atom is -0.335 e. The van der Waals surface area contributed by atoms with Crippen LogP contribution in [0.15, 0.2) is 36.7 Å². The molecule has 4 rings (SSSR count). The van der Waals surface area contributed by atoms with Gasteiger partial charge in [0.05, 0.1) is 18.2 Å². The molecule has 27 heavy (non-hydrogen) atoms. The lowest BCUT2D eigenvalue weighted by molar-refractivity contribution is -0.138. The highest BCUT2D eigenvalue weighted by atomic mass is 35.5. The number of carbonyl (C=O) groups excluding carboxylic acids is 1. The maximum Gasteiger partial charge on any atom is 0.228 e. The molecule has 1 aromatic heterocycles. The summed E-state index contributed by atoms with van der Waals surface area (Å²) in [5.41, 5.74) is 3.91. The smallest absolute Gasteiger partial charge is 0.228 e. The molecule has 6 heteroatoms. The Morgan fingerprint density at radius 2 is 2.15 bits per heavy atom. The number of nitrogens with zero attached hydrogens (tertiary/aromatic N) is 3. The summed E-state index contributed by atoms with van der Waals surface area (Å²) in [6.07, 6.45) is 7.06. The highest BCUT2D eigenvalue weighted by molar-refractivity contribution is 5.85. The molecule has 1 aromatic carbocycles. The van der Waals surface area contributed by atoms with Gasteiger partial charge in [-0.3, -0.25) is 9.48 Å². The Bertz CT molecular complexity index is 790. The summed E-state index contributed by atoms with van der Waals surface area (Å²) in [6, 6.07) is 8.84. The van der Waals surface area contributed by atoms with Crippen LogP contribution in [0, 0.1) is 5.92 Å². The Balaban J connectivity index is 0.00000210. The number of rotatable bonds is 5. The molecule has 2 aliphatic rings. The molecule has 146 valence electrons. The van der Waals surface area contributed by atoms with Crippen LogP contribution in [0.4, 0.5) is 0 Å². The predicted octanol–water partition coefficient (Wildman–Crippen LogP) is 3.07. The number of aromatic nitrogens is 2. The van der Waals surface area contributed by atoms with Gasteiger partial charge in [-0.2, -0.15) is 5.10 Å². The molecule has 0 bridgehead atoms. The lowest BCUT2D eigenvalue weighted by Gasteiger charge is -2.33. The van der Waals surface area contributed by atoms with Crippen LogP contribution >= 0.6 is 12.4 Å². The summed E-state index contributed by atoms with van der Waals surface area (Å²) in [5, 5.41) is 7.74. The summed E-state index contributed by atoms with van der Waals surface area (Å²) in [4.78, 5) is 15.7. The first kappa shape index (κ1) is 19.9. The van der Waals surface area contributed by atoms with Gasteiger partial charge in [-0.05, 0) is 36.0 Å². The monoisotopic (exact) mass is 388 g/mol. The van der Waals surface area contributed by atoms with E-state index < -0.39 is 0 Å². The molecule has 0 spiro atoms. The summed E-state index contributed by atoms with van der Waals surface area (Å²) in [5.74, 6) is 0.512. The van der Waals surface area contributed by atoms with E-state index in [1.54, 1.807) is 0 Å². The molecular formula is C21H29ClN4O. The van der Waals surface area contributed by atoms with E-state index in [1.807, 2.05) is 24.1 Å². The molecular weight excluding hydrogens is 360 g/mol. The van der Waals surface area contributed by atoms with Crippen molar-refractivity contribution in [3.63, 3.8) is 0 Å². The maximum atomic E-state index is 13.6. The second-order valence-electron chi connectivity index (χ2n) is 7.60. The second-order valence-corrected chi connectivity index (χ2v) is 7.60. The number of fused-ring (bicyclic) bond motifs is 1. The van der Waals surface area contributed by atoms with E-state index in [-0.39, 0.29) is 30.3 Å². The second kappa shape index (κ2) is 8.44. The van der Waals surface area contributed by atoms with Crippen molar-refractivity contribution in [3.8, 4) is 0 Å². The van der Waals surface area contributed by atoms with Crippen LogP contribution in [0.1, 0.15) is 48.4 Å². The van der Waals surface area contributed by atoms with Crippen LogP contribution < -0.4 is 5.32 Å². The molecule has 1 aliphatic heterocycles. The summed E-state index contributed by atoms with van der Waals surface area (Å²) < 4.78 is 1.83. The van der Waals surface area contributed by atoms with Gasteiger partial charge in [0, 0.05) is 38.8 Å². The van der Waals surface area contributed by atoms with Gasteiger partial charge in [-0.15, -0.1) is 12.4 Å². The first-order valence-electron chi connectivity index (χ1n) is 9.76. The molecule has 0 saturated carbocycles. The number of carbonyl (C=O) groups is 1. The van der Waals surface area contributed by atoms with Crippen LogP contribution in [0.2, 0.25) is 0 Å². The Hall–Kier alpha value is -1.85. The average molecular weight is 389 g/mol. The third-order valence-corrected chi connectivity index (χ3v) is 5.91. The Morgan fingerprint density at radius 1 is 1.33 bits per heavy atom. The molecule has 3 atom stereocenters. The minimum absolute atomic E-state index is 0. The zero-order valence-electron chi connectivity index (χ0n) is 16.1. The standard InChI is InChI=1S/C21H28N4O.ClH/c1-3-10-25(20-9-8-15-6-4-5-7-17(15)20)21(26)19-13-22-12-18(19)16-11-23-24(2)14-16;/h4-7,11,14,18-20,22H,3,8-10,12-13H2,1-2H3;1H/t18-,19+,20?;/m1./s1. The number of benzene rings is 1. The van der Waals surface area contributed by atoms with Crippen molar-refractivity contribution in [3.05, 3.63) is 53.3 Å². The van der Waals surface area contributed by atoms with Gasteiger partial charge in [-0.25, -0.2) is 0 Å². The molecule has 1 saturated heterocycles. The van der Waals surface area contributed by atoms with Gasteiger partial charge in [-0.1, -0.05) is 31.2 Å². The zero-order valence-corrected chi connectivity index (χ0v) is 16.9. The molecule has 5 nitrogen and oxygen atoms in total. The molecule has 0 radical (unpaired) electrons. The fourth-order valence-corrected chi connectivity index (χ4v) is 4.65. The van der Waals surface area contributed by atoms with Crippen molar-refractivity contribution in [1.82, 2.24) is 20.0 Å². The van der Waals surface area contributed by atoms with E-state index in [9.17, 15) is 4.79 Å². The third kappa shape index (κ3) is 3.76. The molecule has 1 amide bonds. The fraction of sp³-hybridized carbons (Fsp3) is 0.524. The van der Waals surface area contributed by atoms with E-state index in [0.717, 1.165) is 38.9 Å². The Morgan fingerprint density at radius 3 is 2.89 bits per heavy atom. The number of aryl methyl sites for hydroxylation is 2. The van der Waals surface area contributed by atoms with Gasteiger partial charge in [0.25, 0.3) is 0 Å². The van der Waals surface area contributed by atoms with E-state index in [0.29, 0.717) is 5.91 Å². The van der Waals surface area contributed by atoms with Gasteiger partial charge >= 0.3 is 0 Å². The SMILES string of the molecule is CCCN(C(=O)[C@H]1CNC[C@@H]1c1cnn(C)c1)C1CCc2ccccc21.Cl. The van der Waals surface area contributed by atoms with Crippen LogP contribution in [0.25, 0.3) is 0 Å². The Kier molecular flexibility index (Phi) is 6.22. The Labute approximate surface area is 167 Å². The lowest BCUT2D eigenvalue weighted by Crippen LogP contribution is -2.41. The number of nitrogens with one attached hydrogen (secondary N) is 1. The predicted molar refractivity (Wildman–Crippen MR) is 109 cm³/mol. The van der Waals surface area contributed by atoms with Crippen LogP contribution in [-0.4, -0.2) is 40.2 Å². The van der Waals surface area contributed by atoms with E-state index in [4.69, 9.17) is 0 Å². The zero-order chi connectivity index (χ0) is 18.1. The van der Waals surface area contributed by atoms with Gasteiger partial charge in [0.15, 0.2) is 0 Å². The van der Waals surface area contributed by atoms with Gasteiger partial charge in [0.2, 0.25) is 5.91 Å². The average Bonchev–Trinajstić information content (AvgIpc) is 3.38. The third-order valence-electron chi connectivity index (χ3n) is 5.91.